The zero-order valence-corrected chi connectivity index (χ0v) is 11.4. The summed E-state index contributed by atoms with van der Waals surface area (Å²) in [7, 11) is 0. The van der Waals surface area contributed by atoms with Gasteiger partial charge in [0.2, 0.25) is 0 Å². The average molecular weight is 231 g/mol. The van der Waals surface area contributed by atoms with Gasteiger partial charge in [-0.15, -0.1) is 0 Å². The van der Waals surface area contributed by atoms with Gasteiger partial charge in [-0.05, 0) is 6.42 Å². The van der Waals surface area contributed by atoms with E-state index in [9.17, 15) is 9.59 Å². The molecule has 6 nitrogen and oxygen atoms in total. The van der Waals surface area contributed by atoms with E-state index in [0.717, 1.165) is 12.8 Å². The molecule has 0 bridgehead atoms. The van der Waals surface area contributed by atoms with Gasteiger partial charge < -0.3 is 4.98 Å². The number of imidazole rings is 1. The van der Waals surface area contributed by atoms with Gasteiger partial charge in [0.25, 0.3) is 5.56 Å². The van der Waals surface area contributed by atoms with Crippen molar-refractivity contribution in [1.29, 1.82) is 0 Å². The van der Waals surface area contributed by atoms with Gasteiger partial charge in [0.1, 0.15) is 0 Å². The van der Waals surface area contributed by atoms with Crippen molar-refractivity contribution in [2.75, 3.05) is 0 Å². The Morgan fingerprint density at radius 3 is 2.88 bits per heavy atom. The molecule has 0 aliphatic heterocycles. The monoisotopic (exact) mass is 231 g/mol. The number of fused-ring (bicyclic) bond motifs is 1. The second kappa shape index (κ2) is 5.47. The van der Waals surface area contributed by atoms with E-state index in [1.54, 1.807) is 0 Å². The summed E-state index contributed by atoms with van der Waals surface area (Å²) >= 11 is 0. The van der Waals surface area contributed by atoms with Crippen LogP contribution in [0.4, 0.5) is 0 Å². The van der Waals surface area contributed by atoms with E-state index < -0.39 is 0 Å². The molecule has 0 spiro atoms. The van der Waals surface area contributed by atoms with Crippen LogP contribution in [0.25, 0.3) is 11.2 Å². The van der Waals surface area contributed by atoms with Gasteiger partial charge in [-0.1, -0.05) is 13.3 Å². The first kappa shape index (κ1) is 13.2. The Balaban J connectivity index is 0.00000128. The Morgan fingerprint density at radius 2 is 2.19 bits per heavy atom. The molecule has 0 saturated heterocycles. The molecular weight excluding hydrogens is 219 g/mol. The Morgan fingerprint density at radius 1 is 1.44 bits per heavy atom. The zero-order chi connectivity index (χ0) is 10.8. The molecule has 0 aromatic carbocycles. The molecule has 2 aromatic rings. The maximum Gasteiger partial charge on any atom is 1.00 e. The van der Waals surface area contributed by atoms with Gasteiger partial charge in [0.15, 0.2) is 11.2 Å². The molecule has 2 heterocycles. The van der Waals surface area contributed by atoms with Crippen molar-refractivity contribution in [3.05, 3.63) is 27.2 Å². The molecule has 2 rings (SSSR count). The standard InChI is InChI=1S/C9H12N4O2.Na/c1-2-3-4-13-7-6(12-9(13)15)8(14)11-5-10-7;/h5H,2-4H2,1H3,(H,12,15)(H,10,11,14);/q;+1. The number of hydrogen-bond donors (Lipinski definition) is 2. The van der Waals surface area contributed by atoms with Crippen LogP contribution in [0.15, 0.2) is 15.9 Å². The molecule has 0 aliphatic carbocycles. The fraction of sp³-hybridized carbons (Fsp3) is 0.444. The van der Waals surface area contributed by atoms with Crippen LogP contribution in [0.5, 0.6) is 0 Å². The molecule has 2 N–H and O–H groups in total. The van der Waals surface area contributed by atoms with Crippen LogP contribution in [0.1, 0.15) is 19.8 Å². The number of aromatic amines is 2. The van der Waals surface area contributed by atoms with E-state index in [4.69, 9.17) is 0 Å². The Hall–Kier alpha value is -0.850. The topological polar surface area (TPSA) is 83.5 Å². The van der Waals surface area contributed by atoms with E-state index in [2.05, 4.69) is 15.0 Å². The molecular formula is C9H12N4NaO2+. The van der Waals surface area contributed by atoms with Crippen LogP contribution in [0.3, 0.4) is 0 Å². The summed E-state index contributed by atoms with van der Waals surface area (Å²) in [5, 5.41) is 0. The predicted molar refractivity (Wildman–Crippen MR) is 55.9 cm³/mol. The minimum Gasteiger partial charge on any atom is -0.311 e. The van der Waals surface area contributed by atoms with E-state index in [0.29, 0.717) is 12.2 Å². The third kappa shape index (κ3) is 2.28. The molecule has 0 unspecified atom stereocenters. The largest absolute Gasteiger partial charge is 1.00 e. The van der Waals surface area contributed by atoms with Crippen molar-refractivity contribution < 1.29 is 29.6 Å². The minimum atomic E-state index is -0.313. The molecule has 2 aromatic heterocycles. The summed E-state index contributed by atoms with van der Waals surface area (Å²) in [5.41, 5.74) is 0.0887. The van der Waals surface area contributed by atoms with Crippen LogP contribution >= 0.6 is 0 Å². The summed E-state index contributed by atoms with van der Waals surface area (Å²) in [4.78, 5) is 31.8. The maximum absolute atomic E-state index is 11.5. The molecule has 0 radical (unpaired) electrons. The Labute approximate surface area is 113 Å². The molecule has 0 fully saturated rings. The molecule has 7 heteroatoms. The summed E-state index contributed by atoms with van der Waals surface area (Å²) in [6.07, 6.45) is 3.18. The van der Waals surface area contributed by atoms with Gasteiger partial charge in [0.05, 0.1) is 6.33 Å². The van der Waals surface area contributed by atoms with E-state index in [1.165, 1.54) is 10.9 Å². The van der Waals surface area contributed by atoms with Gasteiger partial charge in [0, 0.05) is 6.54 Å². The minimum absolute atomic E-state index is 0. The third-order valence-electron chi connectivity index (χ3n) is 2.30. The van der Waals surface area contributed by atoms with Crippen molar-refractivity contribution >= 4 is 11.2 Å². The summed E-state index contributed by atoms with van der Waals surface area (Å²) in [6, 6.07) is 0. The first-order chi connectivity index (χ1) is 7.24. The smallest absolute Gasteiger partial charge is 0.311 e. The van der Waals surface area contributed by atoms with Crippen LogP contribution in [-0.2, 0) is 6.54 Å². The summed E-state index contributed by atoms with van der Waals surface area (Å²) < 4.78 is 1.49. The molecule has 0 atom stereocenters. The normalized spacial score (nSPS) is 10.3. The third-order valence-corrected chi connectivity index (χ3v) is 2.30. The van der Waals surface area contributed by atoms with Crippen molar-refractivity contribution in [3.63, 3.8) is 0 Å². The second-order valence-electron chi connectivity index (χ2n) is 3.37. The number of hydrogen-bond acceptors (Lipinski definition) is 3. The number of H-pyrrole nitrogens is 2. The average Bonchev–Trinajstić information content (AvgIpc) is 2.54. The van der Waals surface area contributed by atoms with Crippen molar-refractivity contribution in [2.45, 2.75) is 26.3 Å². The Bertz CT molecular complexity index is 583. The van der Waals surface area contributed by atoms with E-state index >= 15 is 0 Å². The molecule has 16 heavy (non-hydrogen) atoms. The fourth-order valence-corrected chi connectivity index (χ4v) is 1.50. The van der Waals surface area contributed by atoms with Crippen molar-refractivity contribution in [2.24, 2.45) is 0 Å². The number of aryl methyl sites for hydroxylation is 1. The molecule has 0 aliphatic rings. The SMILES string of the molecule is CCCCn1c(=O)[nH]c2c(=O)[nH]cnc21.[Na+]. The molecule has 0 saturated carbocycles. The van der Waals surface area contributed by atoms with Crippen LogP contribution < -0.4 is 40.8 Å². The predicted octanol–water partition coefficient (Wildman–Crippen LogP) is -2.78. The number of unbranched alkanes of at least 4 members (excludes halogenated alkanes) is 1. The molecule has 0 amide bonds. The van der Waals surface area contributed by atoms with Gasteiger partial charge in [-0.2, -0.15) is 0 Å². The van der Waals surface area contributed by atoms with E-state index in [-0.39, 0.29) is 46.3 Å². The Kier molecular flexibility index (Phi) is 4.52. The van der Waals surface area contributed by atoms with Gasteiger partial charge >= 0.3 is 35.2 Å². The van der Waals surface area contributed by atoms with Gasteiger partial charge in [-0.25, -0.2) is 9.78 Å². The molecule has 80 valence electrons. The maximum atomic E-state index is 11.5. The first-order valence-electron chi connectivity index (χ1n) is 4.90. The number of nitrogens with one attached hydrogen (secondary N) is 2. The summed E-state index contributed by atoms with van der Waals surface area (Å²) in [6.45, 7) is 2.63. The number of rotatable bonds is 3. The number of nitrogens with zero attached hydrogens (tertiary/aromatic N) is 2. The van der Waals surface area contributed by atoms with E-state index in [1.807, 2.05) is 6.92 Å². The summed E-state index contributed by atoms with van der Waals surface area (Å²) in [5.74, 6) is 0. The zero-order valence-electron chi connectivity index (χ0n) is 9.41. The van der Waals surface area contributed by atoms with Crippen LogP contribution in [-0.4, -0.2) is 19.5 Å². The second-order valence-corrected chi connectivity index (χ2v) is 3.37. The van der Waals surface area contributed by atoms with Crippen LogP contribution in [0.2, 0.25) is 0 Å². The fourth-order valence-electron chi connectivity index (χ4n) is 1.50. The van der Waals surface area contributed by atoms with Gasteiger partial charge in [-0.3, -0.25) is 14.3 Å². The quantitative estimate of drug-likeness (QED) is 0.560. The van der Waals surface area contributed by atoms with Crippen molar-refractivity contribution in [3.8, 4) is 0 Å². The number of aromatic nitrogens is 4. The first-order valence-corrected chi connectivity index (χ1v) is 4.90. The van der Waals surface area contributed by atoms with Crippen LogP contribution in [0, 0.1) is 0 Å². The van der Waals surface area contributed by atoms with Crippen molar-refractivity contribution in [1.82, 2.24) is 19.5 Å².